The van der Waals surface area contributed by atoms with Gasteiger partial charge in [0, 0.05) is 5.38 Å². The minimum Gasteiger partial charge on any atom is -0.419 e. The third kappa shape index (κ3) is 2.27. The average molecular weight is 288 g/mol. The first-order valence-corrected chi connectivity index (χ1v) is 6.21. The van der Waals surface area contributed by atoms with E-state index in [0.29, 0.717) is 11.8 Å². The molecular formula is C9H10BrN3OS. The second-order valence-electron chi connectivity index (χ2n) is 3.10. The van der Waals surface area contributed by atoms with Crippen molar-refractivity contribution in [1.29, 1.82) is 0 Å². The highest BCUT2D eigenvalue weighted by atomic mass is 79.9. The smallest absolute Gasteiger partial charge is 0.248 e. The molecule has 0 spiro atoms. The zero-order valence-electron chi connectivity index (χ0n) is 8.11. The third-order valence-electron chi connectivity index (χ3n) is 2.01. The Morgan fingerprint density at radius 2 is 2.40 bits per heavy atom. The lowest BCUT2D eigenvalue weighted by atomic mass is 10.2. The van der Waals surface area contributed by atoms with Gasteiger partial charge in [-0.1, -0.05) is 6.92 Å². The van der Waals surface area contributed by atoms with Gasteiger partial charge in [-0.15, -0.1) is 21.5 Å². The van der Waals surface area contributed by atoms with Gasteiger partial charge in [-0.25, -0.2) is 0 Å². The standard InChI is InChI=1S/C9H10BrN3OS/c1-2-6(11)9-13-12-8(14-9)5-3-7(10)15-4-5/h3-4,6H,2,11H2,1H3. The highest BCUT2D eigenvalue weighted by molar-refractivity contribution is 9.11. The highest BCUT2D eigenvalue weighted by Crippen LogP contribution is 2.28. The van der Waals surface area contributed by atoms with Gasteiger partial charge in [0.15, 0.2) is 0 Å². The fourth-order valence-corrected chi connectivity index (χ4v) is 2.23. The first-order valence-electron chi connectivity index (χ1n) is 4.54. The molecular weight excluding hydrogens is 278 g/mol. The monoisotopic (exact) mass is 287 g/mol. The molecule has 6 heteroatoms. The zero-order chi connectivity index (χ0) is 10.8. The molecule has 0 saturated carbocycles. The van der Waals surface area contributed by atoms with E-state index in [4.69, 9.17) is 10.2 Å². The van der Waals surface area contributed by atoms with Gasteiger partial charge in [0.25, 0.3) is 0 Å². The molecule has 2 heterocycles. The van der Waals surface area contributed by atoms with Gasteiger partial charge in [-0.2, -0.15) is 0 Å². The lowest BCUT2D eigenvalue weighted by Crippen LogP contribution is -2.08. The van der Waals surface area contributed by atoms with E-state index in [1.165, 1.54) is 0 Å². The zero-order valence-corrected chi connectivity index (χ0v) is 10.5. The predicted molar refractivity (Wildman–Crippen MR) is 62.5 cm³/mol. The first kappa shape index (κ1) is 10.8. The SMILES string of the molecule is CCC(N)c1nnc(-c2csc(Br)c2)o1. The Labute approximate surface area is 99.6 Å². The Hall–Kier alpha value is -0.720. The van der Waals surface area contributed by atoms with Crippen LogP contribution >= 0.6 is 27.3 Å². The van der Waals surface area contributed by atoms with Crippen molar-refractivity contribution in [2.24, 2.45) is 5.73 Å². The largest absolute Gasteiger partial charge is 0.419 e. The van der Waals surface area contributed by atoms with E-state index in [2.05, 4.69) is 26.1 Å². The normalized spacial score (nSPS) is 13.0. The molecule has 1 atom stereocenters. The minimum atomic E-state index is -0.173. The average Bonchev–Trinajstić information content (AvgIpc) is 2.84. The summed E-state index contributed by atoms with van der Waals surface area (Å²) in [4.78, 5) is 0. The van der Waals surface area contributed by atoms with E-state index in [0.717, 1.165) is 15.8 Å². The number of halogens is 1. The second-order valence-corrected chi connectivity index (χ2v) is 5.39. The van der Waals surface area contributed by atoms with Crippen molar-refractivity contribution in [3.63, 3.8) is 0 Å². The molecule has 0 saturated heterocycles. The van der Waals surface area contributed by atoms with E-state index in [1.807, 2.05) is 18.4 Å². The molecule has 1 unspecified atom stereocenters. The Morgan fingerprint density at radius 3 is 3.00 bits per heavy atom. The third-order valence-corrected chi connectivity index (χ3v) is 3.52. The first-order chi connectivity index (χ1) is 7.20. The van der Waals surface area contributed by atoms with Gasteiger partial charge in [-0.05, 0) is 28.4 Å². The van der Waals surface area contributed by atoms with E-state index in [1.54, 1.807) is 11.3 Å². The van der Waals surface area contributed by atoms with Crippen molar-refractivity contribution in [3.8, 4) is 11.5 Å². The summed E-state index contributed by atoms with van der Waals surface area (Å²) in [5.41, 5.74) is 6.71. The Balaban J connectivity index is 2.27. The van der Waals surface area contributed by atoms with Gasteiger partial charge < -0.3 is 10.2 Å². The van der Waals surface area contributed by atoms with Gasteiger partial charge in [0.1, 0.15) is 0 Å². The van der Waals surface area contributed by atoms with Crippen LogP contribution in [0.4, 0.5) is 0 Å². The molecule has 0 aliphatic heterocycles. The molecule has 2 rings (SSSR count). The van der Waals surface area contributed by atoms with Crippen LogP contribution in [0.2, 0.25) is 0 Å². The summed E-state index contributed by atoms with van der Waals surface area (Å²) in [5, 5.41) is 9.84. The Kier molecular flexibility index (Phi) is 3.18. The van der Waals surface area contributed by atoms with E-state index >= 15 is 0 Å². The van der Waals surface area contributed by atoms with Crippen molar-refractivity contribution in [3.05, 3.63) is 21.1 Å². The van der Waals surface area contributed by atoms with Crippen LogP contribution in [0.3, 0.4) is 0 Å². The molecule has 0 radical (unpaired) electrons. The number of rotatable bonds is 3. The van der Waals surface area contributed by atoms with E-state index in [-0.39, 0.29) is 6.04 Å². The summed E-state index contributed by atoms with van der Waals surface area (Å²) in [7, 11) is 0. The number of nitrogens with two attached hydrogens (primary N) is 1. The maximum absolute atomic E-state index is 5.79. The molecule has 2 aromatic rings. The lowest BCUT2D eigenvalue weighted by molar-refractivity contribution is 0.453. The summed E-state index contributed by atoms with van der Waals surface area (Å²) in [6, 6.07) is 1.77. The minimum absolute atomic E-state index is 0.173. The Morgan fingerprint density at radius 1 is 1.60 bits per heavy atom. The van der Waals surface area contributed by atoms with Crippen molar-refractivity contribution >= 4 is 27.3 Å². The fourth-order valence-electron chi connectivity index (χ4n) is 1.10. The molecule has 0 aliphatic rings. The molecule has 80 valence electrons. The molecule has 15 heavy (non-hydrogen) atoms. The number of nitrogens with zero attached hydrogens (tertiary/aromatic N) is 2. The molecule has 0 aliphatic carbocycles. The van der Waals surface area contributed by atoms with Crippen LogP contribution in [0.1, 0.15) is 25.3 Å². The molecule has 0 fully saturated rings. The molecule has 2 N–H and O–H groups in total. The predicted octanol–water partition coefficient (Wildman–Crippen LogP) is 2.97. The summed E-state index contributed by atoms with van der Waals surface area (Å²) in [5.74, 6) is 1.02. The summed E-state index contributed by atoms with van der Waals surface area (Å²) in [6.07, 6.45) is 0.787. The maximum atomic E-state index is 5.79. The quantitative estimate of drug-likeness (QED) is 0.943. The van der Waals surface area contributed by atoms with Crippen molar-refractivity contribution in [2.75, 3.05) is 0 Å². The second kappa shape index (κ2) is 4.42. The Bertz CT molecular complexity index is 454. The van der Waals surface area contributed by atoms with Crippen LogP contribution in [0.25, 0.3) is 11.5 Å². The number of hydrogen-bond acceptors (Lipinski definition) is 5. The van der Waals surface area contributed by atoms with E-state index < -0.39 is 0 Å². The van der Waals surface area contributed by atoms with Crippen LogP contribution < -0.4 is 5.73 Å². The molecule has 0 bridgehead atoms. The van der Waals surface area contributed by atoms with Crippen molar-refractivity contribution in [2.45, 2.75) is 19.4 Å². The van der Waals surface area contributed by atoms with Crippen molar-refractivity contribution in [1.82, 2.24) is 10.2 Å². The highest BCUT2D eigenvalue weighted by Gasteiger charge is 2.14. The lowest BCUT2D eigenvalue weighted by Gasteiger charge is -1.99. The molecule has 0 aromatic carbocycles. The van der Waals surface area contributed by atoms with Crippen LogP contribution in [0.5, 0.6) is 0 Å². The van der Waals surface area contributed by atoms with Gasteiger partial charge in [-0.3, -0.25) is 0 Å². The van der Waals surface area contributed by atoms with Crippen LogP contribution in [-0.2, 0) is 0 Å². The fraction of sp³-hybridized carbons (Fsp3) is 0.333. The molecule has 2 aromatic heterocycles. The van der Waals surface area contributed by atoms with Gasteiger partial charge in [0.2, 0.25) is 11.8 Å². The van der Waals surface area contributed by atoms with Gasteiger partial charge >= 0.3 is 0 Å². The summed E-state index contributed by atoms with van der Waals surface area (Å²) < 4.78 is 6.51. The molecule has 4 nitrogen and oxygen atoms in total. The van der Waals surface area contributed by atoms with Crippen LogP contribution in [-0.4, -0.2) is 10.2 Å². The van der Waals surface area contributed by atoms with Crippen LogP contribution in [0, 0.1) is 0 Å². The molecule has 0 amide bonds. The van der Waals surface area contributed by atoms with E-state index in [9.17, 15) is 0 Å². The van der Waals surface area contributed by atoms with Crippen LogP contribution in [0.15, 0.2) is 19.6 Å². The topological polar surface area (TPSA) is 64.9 Å². The number of aromatic nitrogens is 2. The van der Waals surface area contributed by atoms with Crippen molar-refractivity contribution < 1.29 is 4.42 Å². The van der Waals surface area contributed by atoms with Gasteiger partial charge in [0.05, 0.1) is 15.4 Å². The maximum Gasteiger partial charge on any atom is 0.248 e. The summed E-state index contributed by atoms with van der Waals surface area (Å²) >= 11 is 4.96. The number of thiophene rings is 1. The summed E-state index contributed by atoms with van der Waals surface area (Å²) in [6.45, 7) is 1.98. The number of hydrogen-bond donors (Lipinski definition) is 1.